The van der Waals surface area contributed by atoms with Crippen molar-refractivity contribution in [1.29, 1.82) is 0 Å². The summed E-state index contributed by atoms with van der Waals surface area (Å²) in [6.45, 7) is 0.109. The van der Waals surface area contributed by atoms with E-state index in [9.17, 15) is 13.2 Å². The van der Waals surface area contributed by atoms with Crippen LogP contribution < -0.4 is 14.8 Å². The molecule has 0 aliphatic rings. The topological polar surface area (TPSA) is 84.5 Å². The Morgan fingerprint density at radius 3 is 2.48 bits per heavy atom. The standard InChI is InChI=1S/C23H19ClN2O4S/c1-30-21-12-6-5-11-20(21)26-31(28,29)22-16-18(13-14-19(22)24)23(27)25-15-7-10-17-8-3-2-4-9-17/h2-6,8-9,11-14,16,26H,15H2,1H3,(H,25,27). The summed E-state index contributed by atoms with van der Waals surface area (Å²) in [5, 5.41) is 2.63. The molecule has 0 saturated heterocycles. The zero-order valence-corrected chi connectivity index (χ0v) is 18.1. The average Bonchev–Trinajstić information content (AvgIpc) is 2.77. The SMILES string of the molecule is COc1ccccc1NS(=O)(=O)c1cc(C(=O)NCC#Cc2ccccc2)ccc1Cl. The van der Waals surface area contributed by atoms with Crippen LogP contribution in [0.15, 0.2) is 77.7 Å². The van der Waals surface area contributed by atoms with Crippen molar-refractivity contribution in [2.24, 2.45) is 0 Å². The normalized spacial score (nSPS) is 10.5. The summed E-state index contributed by atoms with van der Waals surface area (Å²) in [5.74, 6) is 5.67. The summed E-state index contributed by atoms with van der Waals surface area (Å²) >= 11 is 6.12. The van der Waals surface area contributed by atoms with Gasteiger partial charge in [0, 0.05) is 11.1 Å². The number of amides is 1. The molecule has 3 aromatic carbocycles. The molecule has 158 valence electrons. The Hall–Kier alpha value is -3.47. The van der Waals surface area contributed by atoms with Crippen LogP contribution in [0, 0.1) is 11.8 Å². The van der Waals surface area contributed by atoms with Gasteiger partial charge in [0.25, 0.3) is 15.9 Å². The molecular weight excluding hydrogens is 436 g/mol. The maximum Gasteiger partial charge on any atom is 0.263 e. The van der Waals surface area contributed by atoms with Crippen molar-refractivity contribution < 1.29 is 17.9 Å². The van der Waals surface area contributed by atoms with Crippen LogP contribution in [0.5, 0.6) is 5.75 Å². The van der Waals surface area contributed by atoms with Crippen LogP contribution in [0.3, 0.4) is 0 Å². The number of rotatable bonds is 6. The largest absolute Gasteiger partial charge is 0.495 e. The molecule has 0 aliphatic heterocycles. The molecule has 0 atom stereocenters. The molecule has 0 bridgehead atoms. The number of hydrogen-bond acceptors (Lipinski definition) is 4. The third kappa shape index (κ3) is 5.79. The van der Waals surface area contributed by atoms with E-state index in [1.54, 1.807) is 24.3 Å². The second-order valence-electron chi connectivity index (χ2n) is 6.30. The Bertz CT molecular complexity index is 1250. The second-order valence-corrected chi connectivity index (χ2v) is 8.36. The zero-order valence-electron chi connectivity index (χ0n) is 16.6. The highest BCUT2D eigenvalue weighted by molar-refractivity contribution is 7.92. The number of anilines is 1. The van der Waals surface area contributed by atoms with Gasteiger partial charge in [-0.2, -0.15) is 0 Å². The van der Waals surface area contributed by atoms with Crippen LogP contribution in [0.25, 0.3) is 0 Å². The first-order chi connectivity index (χ1) is 14.9. The van der Waals surface area contributed by atoms with Crippen molar-refractivity contribution in [3.05, 3.63) is 88.9 Å². The lowest BCUT2D eigenvalue weighted by Gasteiger charge is -2.13. The van der Waals surface area contributed by atoms with Gasteiger partial charge in [0.15, 0.2) is 0 Å². The number of para-hydroxylation sites is 2. The van der Waals surface area contributed by atoms with Crippen LogP contribution >= 0.6 is 11.6 Å². The van der Waals surface area contributed by atoms with E-state index >= 15 is 0 Å². The first-order valence-electron chi connectivity index (χ1n) is 9.18. The van der Waals surface area contributed by atoms with Crippen molar-refractivity contribution in [2.45, 2.75) is 4.90 Å². The Kier molecular flexibility index (Phi) is 7.19. The molecule has 8 heteroatoms. The number of carbonyl (C=O) groups excluding carboxylic acids is 1. The second kappa shape index (κ2) is 10.0. The maximum atomic E-state index is 12.9. The highest BCUT2D eigenvalue weighted by atomic mass is 35.5. The van der Waals surface area contributed by atoms with Gasteiger partial charge in [0.1, 0.15) is 10.6 Å². The predicted molar refractivity (Wildman–Crippen MR) is 121 cm³/mol. The number of benzene rings is 3. The Morgan fingerprint density at radius 2 is 1.74 bits per heavy atom. The van der Waals surface area contributed by atoms with Crippen molar-refractivity contribution in [3.8, 4) is 17.6 Å². The van der Waals surface area contributed by atoms with Crippen molar-refractivity contribution >= 4 is 33.2 Å². The van der Waals surface area contributed by atoms with E-state index in [2.05, 4.69) is 21.9 Å². The monoisotopic (exact) mass is 454 g/mol. The van der Waals surface area contributed by atoms with E-state index in [1.165, 1.54) is 25.3 Å². The molecular formula is C23H19ClN2O4S. The van der Waals surface area contributed by atoms with Gasteiger partial charge in [0.05, 0.1) is 24.4 Å². The van der Waals surface area contributed by atoms with Gasteiger partial charge in [-0.25, -0.2) is 8.42 Å². The summed E-state index contributed by atoms with van der Waals surface area (Å²) in [4.78, 5) is 12.2. The first-order valence-corrected chi connectivity index (χ1v) is 11.0. The summed E-state index contributed by atoms with van der Waals surface area (Å²) in [5.41, 5.74) is 1.23. The van der Waals surface area contributed by atoms with Crippen molar-refractivity contribution in [2.75, 3.05) is 18.4 Å². The summed E-state index contributed by atoms with van der Waals surface area (Å²) < 4.78 is 33.4. The number of sulfonamides is 1. The lowest BCUT2D eigenvalue weighted by atomic mass is 10.2. The smallest absolute Gasteiger partial charge is 0.263 e. The quantitative estimate of drug-likeness (QED) is 0.553. The summed E-state index contributed by atoms with van der Waals surface area (Å²) in [6, 6.07) is 20.0. The number of ether oxygens (including phenoxy) is 1. The fraction of sp³-hybridized carbons (Fsp3) is 0.0870. The van der Waals surface area contributed by atoms with Crippen LogP contribution in [0.2, 0.25) is 5.02 Å². The minimum atomic E-state index is -4.06. The molecule has 0 fully saturated rings. The maximum absolute atomic E-state index is 12.9. The number of nitrogens with one attached hydrogen (secondary N) is 2. The van der Waals surface area contributed by atoms with Gasteiger partial charge < -0.3 is 10.1 Å². The Balaban J connectivity index is 1.76. The third-order valence-corrected chi connectivity index (χ3v) is 6.03. The zero-order chi connectivity index (χ0) is 22.3. The van der Waals surface area contributed by atoms with Gasteiger partial charge in [0.2, 0.25) is 0 Å². The van der Waals surface area contributed by atoms with Crippen LogP contribution in [-0.2, 0) is 10.0 Å². The molecule has 3 aromatic rings. The fourth-order valence-corrected chi connectivity index (χ4v) is 4.27. The summed E-state index contributed by atoms with van der Waals surface area (Å²) in [6.07, 6.45) is 0. The van der Waals surface area contributed by atoms with E-state index in [-0.39, 0.29) is 27.7 Å². The third-order valence-electron chi connectivity index (χ3n) is 4.18. The molecule has 0 radical (unpaired) electrons. The molecule has 6 nitrogen and oxygen atoms in total. The summed E-state index contributed by atoms with van der Waals surface area (Å²) in [7, 11) is -2.63. The molecule has 0 unspecified atom stereocenters. The van der Waals surface area contributed by atoms with E-state index < -0.39 is 15.9 Å². The molecule has 1 amide bonds. The molecule has 0 saturated carbocycles. The van der Waals surface area contributed by atoms with Gasteiger partial charge in [-0.1, -0.05) is 53.8 Å². The highest BCUT2D eigenvalue weighted by Crippen LogP contribution is 2.29. The van der Waals surface area contributed by atoms with Gasteiger partial charge >= 0.3 is 0 Å². The lowest BCUT2D eigenvalue weighted by Crippen LogP contribution is -2.24. The minimum Gasteiger partial charge on any atom is -0.495 e. The Labute approximate surface area is 186 Å². The van der Waals surface area contributed by atoms with Crippen LogP contribution in [-0.4, -0.2) is 28.0 Å². The molecule has 31 heavy (non-hydrogen) atoms. The fourth-order valence-electron chi connectivity index (χ4n) is 2.67. The van der Waals surface area contributed by atoms with Gasteiger partial charge in [-0.05, 0) is 42.5 Å². The predicted octanol–water partition coefficient (Wildman–Crippen LogP) is 3.93. The van der Waals surface area contributed by atoms with E-state index in [1.807, 2.05) is 30.3 Å². The lowest BCUT2D eigenvalue weighted by molar-refractivity contribution is 0.0958. The average molecular weight is 455 g/mol. The molecule has 0 aromatic heterocycles. The molecule has 2 N–H and O–H groups in total. The number of halogens is 1. The number of hydrogen-bond donors (Lipinski definition) is 2. The van der Waals surface area contributed by atoms with Crippen LogP contribution in [0.1, 0.15) is 15.9 Å². The molecule has 0 spiro atoms. The Morgan fingerprint density at radius 1 is 1.03 bits per heavy atom. The number of carbonyl (C=O) groups is 1. The van der Waals surface area contributed by atoms with E-state index in [0.717, 1.165) is 5.56 Å². The van der Waals surface area contributed by atoms with Crippen molar-refractivity contribution in [1.82, 2.24) is 5.32 Å². The van der Waals surface area contributed by atoms with Gasteiger partial charge in [-0.3, -0.25) is 9.52 Å². The molecule has 0 heterocycles. The highest BCUT2D eigenvalue weighted by Gasteiger charge is 2.21. The van der Waals surface area contributed by atoms with Crippen molar-refractivity contribution in [3.63, 3.8) is 0 Å². The van der Waals surface area contributed by atoms with Crippen LogP contribution in [0.4, 0.5) is 5.69 Å². The molecule has 3 rings (SSSR count). The minimum absolute atomic E-state index is 0.0113. The first kappa shape index (κ1) is 22.2. The number of methoxy groups -OCH3 is 1. The van der Waals surface area contributed by atoms with Gasteiger partial charge in [-0.15, -0.1) is 0 Å². The van der Waals surface area contributed by atoms with E-state index in [0.29, 0.717) is 5.75 Å². The van der Waals surface area contributed by atoms with E-state index in [4.69, 9.17) is 16.3 Å². The molecule has 0 aliphatic carbocycles.